The third-order valence-electron chi connectivity index (χ3n) is 6.19. The molecule has 172 valence electrons. The van der Waals surface area contributed by atoms with Gasteiger partial charge in [0, 0.05) is 0 Å². The van der Waals surface area contributed by atoms with Crippen LogP contribution in [0.15, 0.2) is 38.8 Å². The Morgan fingerprint density at radius 1 is 0.933 bits per heavy atom. The molecule has 3 nitrogen and oxygen atoms in total. The van der Waals surface area contributed by atoms with Crippen LogP contribution in [0.25, 0.3) is 0 Å². The second-order valence-corrected chi connectivity index (χ2v) is 23.8. The van der Waals surface area contributed by atoms with Crippen molar-refractivity contribution in [3.05, 3.63) is 39.5 Å². The predicted octanol–water partition coefficient (Wildman–Crippen LogP) is 7.39. The number of hydrogen-bond acceptors (Lipinski definition) is 2. The Labute approximate surface area is 191 Å². The van der Waals surface area contributed by atoms with E-state index >= 15 is 0 Å². The van der Waals surface area contributed by atoms with Crippen molar-refractivity contribution in [3.8, 4) is 0 Å². The van der Waals surface area contributed by atoms with E-state index in [1.165, 1.54) is 55.4 Å². The topological polar surface area (TPSA) is 46.2 Å². The number of nitrogens with one attached hydrogen (secondary N) is 1. The molecule has 0 aromatic heterocycles. The average molecular weight is 542 g/mol. The first-order valence-corrected chi connectivity index (χ1v) is 21.0. The molecule has 5 heteroatoms. The first kappa shape index (κ1) is 27.7. The second-order valence-electron chi connectivity index (χ2n) is 8.81. The van der Waals surface area contributed by atoms with Crippen LogP contribution in [-0.4, -0.2) is 32.8 Å². The molecule has 0 saturated carbocycles. The first-order chi connectivity index (χ1) is 14.3. The van der Waals surface area contributed by atoms with Crippen LogP contribution in [0.4, 0.5) is 0 Å². The molecular formula is C25H45NO2SSn. The Morgan fingerprint density at radius 2 is 1.40 bits per heavy atom. The summed E-state index contributed by atoms with van der Waals surface area (Å²) < 4.78 is 34.9. The number of allylic oxidation sites excluding steroid dienone is 1. The summed E-state index contributed by atoms with van der Waals surface area (Å²) in [5, 5.41) is 0. The van der Waals surface area contributed by atoms with E-state index in [-0.39, 0.29) is 6.04 Å². The number of aryl methyl sites for hydroxylation is 1. The van der Waals surface area contributed by atoms with Crippen molar-refractivity contribution in [3.63, 3.8) is 0 Å². The summed E-state index contributed by atoms with van der Waals surface area (Å²) in [5.74, 6) is 0. The van der Waals surface area contributed by atoms with Crippen molar-refractivity contribution in [2.24, 2.45) is 0 Å². The number of rotatable bonds is 15. The van der Waals surface area contributed by atoms with E-state index in [4.69, 9.17) is 0 Å². The third-order valence-corrected chi connectivity index (χ3v) is 24.3. The molecule has 1 aromatic rings. The minimum absolute atomic E-state index is 0.113. The molecule has 0 bridgehead atoms. The number of benzene rings is 1. The van der Waals surface area contributed by atoms with Crippen LogP contribution in [0.2, 0.25) is 13.3 Å². The molecule has 0 heterocycles. The van der Waals surface area contributed by atoms with Crippen molar-refractivity contribution < 1.29 is 8.42 Å². The Morgan fingerprint density at radius 3 is 1.80 bits per heavy atom. The quantitative estimate of drug-likeness (QED) is 0.235. The Kier molecular flexibility index (Phi) is 12.9. The summed E-state index contributed by atoms with van der Waals surface area (Å²) in [6.07, 6.45) is 10.9. The molecule has 0 spiro atoms. The SMILES string of the molecule is CCC=[C](C(C)NS(=O)(=O)c1ccc(C)cc1)[Sn]([CH2]CCC)([CH2]CCC)[CH2]CCC. The molecule has 0 aliphatic rings. The monoisotopic (exact) mass is 543 g/mol. The predicted molar refractivity (Wildman–Crippen MR) is 134 cm³/mol. The molecule has 0 amide bonds. The summed E-state index contributed by atoms with van der Waals surface area (Å²) >= 11 is -2.69. The minimum atomic E-state index is -3.52. The summed E-state index contributed by atoms with van der Waals surface area (Å²) in [5.41, 5.74) is 1.07. The van der Waals surface area contributed by atoms with Gasteiger partial charge in [0.1, 0.15) is 0 Å². The zero-order valence-corrected chi connectivity index (χ0v) is 23.9. The molecule has 0 saturated heterocycles. The molecule has 1 aromatic carbocycles. The molecule has 0 aliphatic carbocycles. The van der Waals surface area contributed by atoms with E-state index < -0.39 is 28.4 Å². The molecule has 1 N–H and O–H groups in total. The van der Waals surface area contributed by atoms with Crippen LogP contribution >= 0.6 is 0 Å². The van der Waals surface area contributed by atoms with Gasteiger partial charge in [-0.2, -0.15) is 0 Å². The van der Waals surface area contributed by atoms with Gasteiger partial charge in [-0.15, -0.1) is 0 Å². The normalized spacial score (nSPS) is 14.1. The maximum absolute atomic E-state index is 13.1. The van der Waals surface area contributed by atoms with Gasteiger partial charge in [-0.05, 0) is 0 Å². The van der Waals surface area contributed by atoms with Crippen LogP contribution in [0.5, 0.6) is 0 Å². The van der Waals surface area contributed by atoms with Crippen molar-refractivity contribution in [2.75, 3.05) is 0 Å². The van der Waals surface area contributed by atoms with E-state index in [2.05, 4.69) is 45.4 Å². The summed E-state index contributed by atoms with van der Waals surface area (Å²) in [4.78, 5) is 0.368. The van der Waals surface area contributed by atoms with Crippen LogP contribution in [0.1, 0.15) is 85.1 Å². The molecular weight excluding hydrogens is 497 g/mol. The Bertz CT molecular complexity index is 719. The Balaban J connectivity index is 3.29. The molecule has 0 aliphatic heterocycles. The maximum atomic E-state index is 13.1. The van der Waals surface area contributed by atoms with E-state index in [0.29, 0.717) is 4.90 Å². The summed E-state index contributed by atoms with van der Waals surface area (Å²) in [6, 6.07) is 7.06. The molecule has 0 fully saturated rings. The fourth-order valence-corrected chi connectivity index (χ4v) is 24.1. The fraction of sp³-hybridized carbons (Fsp3) is 0.680. The van der Waals surface area contributed by atoms with Crippen molar-refractivity contribution in [1.82, 2.24) is 4.72 Å². The number of sulfonamides is 1. The summed E-state index contributed by atoms with van der Waals surface area (Å²) in [6.45, 7) is 13.1. The van der Waals surface area contributed by atoms with Crippen LogP contribution in [0.3, 0.4) is 0 Å². The van der Waals surface area contributed by atoms with Gasteiger partial charge in [-0.1, -0.05) is 0 Å². The number of unbranched alkanes of at least 4 members (excludes halogenated alkanes) is 3. The van der Waals surface area contributed by atoms with Gasteiger partial charge in [0.2, 0.25) is 0 Å². The van der Waals surface area contributed by atoms with Gasteiger partial charge < -0.3 is 0 Å². The van der Waals surface area contributed by atoms with Gasteiger partial charge in [0.25, 0.3) is 0 Å². The van der Waals surface area contributed by atoms with Crippen LogP contribution in [0, 0.1) is 6.92 Å². The second kappa shape index (κ2) is 13.9. The fourth-order valence-electron chi connectivity index (χ4n) is 4.51. The molecule has 1 atom stereocenters. The molecule has 30 heavy (non-hydrogen) atoms. The van der Waals surface area contributed by atoms with Crippen molar-refractivity contribution in [2.45, 2.75) is 111 Å². The van der Waals surface area contributed by atoms with E-state index in [1.54, 1.807) is 12.1 Å². The van der Waals surface area contributed by atoms with Crippen molar-refractivity contribution >= 4 is 28.4 Å². The van der Waals surface area contributed by atoms with Crippen LogP contribution in [-0.2, 0) is 10.0 Å². The zero-order chi connectivity index (χ0) is 22.6. The van der Waals surface area contributed by atoms with E-state index in [1.807, 2.05) is 19.1 Å². The van der Waals surface area contributed by atoms with Crippen LogP contribution < -0.4 is 4.72 Å². The molecule has 1 rings (SSSR count). The van der Waals surface area contributed by atoms with Gasteiger partial charge >= 0.3 is 192 Å². The molecule has 0 radical (unpaired) electrons. The van der Waals surface area contributed by atoms with Gasteiger partial charge in [0.15, 0.2) is 0 Å². The van der Waals surface area contributed by atoms with Gasteiger partial charge in [0.05, 0.1) is 0 Å². The van der Waals surface area contributed by atoms with Crippen molar-refractivity contribution in [1.29, 1.82) is 0 Å². The first-order valence-electron chi connectivity index (χ1n) is 12.1. The number of hydrogen-bond donors (Lipinski definition) is 1. The third kappa shape index (κ3) is 8.31. The standard InChI is InChI=1S/C13H18NO2S.3C4H9.Sn/c1-4-5-6-12(3)14-17(15,16)13-9-7-11(2)8-10-13;3*1-3-4-2;/h5,7-10,12,14H,4H2,1-3H3;3*1,3-4H2,2H3;. The zero-order valence-electron chi connectivity index (χ0n) is 20.3. The summed E-state index contributed by atoms with van der Waals surface area (Å²) in [7, 11) is -3.52. The van der Waals surface area contributed by atoms with Gasteiger partial charge in [-0.25, -0.2) is 0 Å². The average Bonchev–Trinajstić information content (AvgIpc) is 2.72. The van der Waals surface area contributed by atoms with E-state index in [0.717, 1.165) is 12.0 Å². The van der Waals surface area contributed by atoms with Gasteiger partial charge in [-0.3, -0.25) is 0 Å². The Hall–Kier alpha value is -0.331. The van der Waals surface area contributed by atoms with E-state index in [9.17, 15) is 8.42 Å². The molecule has 1 unspecified atom stereocenters.